The minimum atomic E-state index is -0.0948. The van der Waals surface area contributed by atoms with Crippen LogP contribution in [0.3, 0.4) is 0 Å². The zero-order valence-corrected chi connectivity index (χ0v) is 13.4. The molecular formula is C18H18N4O2. The molecule has 1 aliphatic rings. The number of hydrogen-bond acceptors (Lipinski definition) is 4. The van der Waals surface area contributed by atoms with Gasteiger partial charge in [0.15, 0.2) is 6.61 Å². The second-order valence-electron chi connectivity index (χ2n) is 6.08. The second kappa shape index (κ2) is 5.96. The van der Waals surface area contributed by atoms with Gasteiger partial charge in [-0.1, -0.05) is 18.2 Å². The Balaban J connectivity index is 1.61. The Hall–Kier alpha value is -2.89. The van der Waals surface area contributed by atoms with Crippen molar-refractivity contribution in [1.82, 2.24) is 20.3 Å². The van der Waals surface area contributed by atoms with Gasteiger partial charge in [-0.25, -0.2) is 0 Å². The summed E-state index contributed by atoms with van der Waals surface area (Å²) in [5.74, 6) is 0.495. The van der Waals surface area contributed by atoms with Crippen molar-refractivity contribution >= 4 is 16.9 Å². The molecule has 1 fully saturated rings. The number of aryl methyl sites for hydroxylation is 1. The molecule has 0 saturated heterocycles. The van der Waals surface area contributed by atoms with Crippen LogP contribution >= 0.6 is 0 Å². The number of amides is 1. The number of ether oxygens (including phenoxy) is 1. The first-order valence-electron chi connectivity index (χ1n) is 8.04. The highest BCUT2D eigenvalue weighted by atomic mass is 16.5. The molecule has 1 saturated carbocycles. The predicted molar refractivity (Wildman–Crippen MR) is 90.3 cm³/mol. The summed E-state index contributed by atoms with van der Waals surface area (Å²) in [4.78, 5) is 13.4. The van der Waals surface area contributed by atoms with Crippen LogP contribution in [0.15, 0.2) is 42.5 Å². The Bertz CT molecular complexity index is 866. The van der Waals surface area contributed by atoms with Gasteiger partial charge in [-0.3, -0.25) is 4.79 Å². The topological polar surface area (TPSA) is 69.0 Å². The summed E-state index contributed by atoms with van der Waals surface area (Å²) >= 11 is 0. The van der Waals surface area contributed by atoms with E-state index < -0.39 is 0 Å². The van der Waals surface area contributed by atoms with Crippen LogP contribution < -0.4 is 10.1 Å². The molecule has 24 heavy (non-hydrogen) atoms. The van der Waals surface area contributed by atoms with Gasteiger partial charge >= 0.3 is 0 Å². The fourth-order valence-corrected chi connectivity index (χ4v) is 2.51. The van der Waals surface area contributed by atoms with Crippen molar-refractivity contribution in [3.63, 3.8) is 0 Å². The molecule has 0 atom stereocenters. The summed E-state index contributed by atoms with van der Waals surface area (Å²) in [6.07, 6.45) is 2.12. The maximum absolute atomic E-state index is 11.8. The molecule has 6 nitrogen and oxygen atoms in total. The Labute approximate surface area is 139 Å². The van der Waals surface area contributed by atoms with Crippen LogP contribution in [-0.2, 0) is 4.79 Å². The summed E-state index contributed by atoms with van der Waals surface area (Å²) in [7, 11) is 0. The number of fused-ring (bicyclic) bond motifs is 1. The lowest BCUT2D eigenvalue weighted by Crippen LogP contribution is -2.30. The summed E-state index contributed by atoms with van der Waals surface area (Å²) in [5.41, 5.74) is 3.43. The molecule has 0 radical (unpaired) electrons. The number of nitrogens with zero attached hydrogens (tertiary/aromatic N) is 3. The highest BCUT2D eigenvalue weighted by Crippen LogP contribution is 2.24. The highest BCUT2D eigenvalue weighted by molar-refractivity contribution is 5.78. The van der Waals surface area contributed by atoms with E-state index in [9.17, 15) is 4.79 Å². The first-order chi connectivity index (χ1) is 11.7. The van der Waals surface area contributed by atoms with Crippen molar-refractivity contribution in [3.05, 3.63) is 48.0 Å². The van der Waals surface area contributed by atoms with Crippen LogP contribution in [0, 0.1) is 6.92 Å². The van der Waals surface area contributed by atoms with Crippen molar-refractivity contribution in [2.45, 2.75) is 25.8 Å². The van der Waals surface area contributed by atoms with E-state index in [1.54, 1.807) is 4.80 Å². The van der Waals surface area contributed by atoms with E-state index in [0.717, 1.165) is 35.1 Å². The van der Waals surface area contributed by atoms with E-state index in [2.05, 4.69) is 15.5 Å². The van der Waals surface area contributed by atoms with E-state index >= 15 is 0 Å². The number of hydrogen-bond donors (Lipinski definition) is 1. The second-order valence-corrected chi connectivity index (χ2v) is 6.08. The number of aromatic nitrogens is 3. The quantitative estimate of drug-likeness (QED) is 0.783. The van der Waals surface area contributed by atoms with Crippen LogP contribution in [0.25, 0.3) is 16.7 Å². The van der Waals surface area contributed by atoms with Gasteiger partial charge in [0.25, 0.3) is 5.91 Å². The Morgan fingerprint density at radius 2 is 1.92 bits per heavy atom. The number of rotatable bonds is 5. The first-order valence-corrected chi connectivity index (χ1v) is 8.04. The maximum atomic E-state index is 11.8. The Morgan fingerprint density at radius 1 is 1.21 bits per heavy atom. The summed E-state index contributed by atoms with van der Waals surface area (Å²) in [6.45, 7) is 1.99. The zero-order chi connectivity index (χ0) is 16.5. The smallest absolute Gasteiger partial charge is 0.258 e. The van der Waals surface area contributed by atoms with Gasteiger partial charge in [-0.2, -0.15) is 0 Å². The average molecular weight is 322 g/mol. The third-order valence-electron chi connectivity index (χ3n) is 3.92. The fourth-order valence-electron chi connectivity index (χ4n) is 2.51. The Morgan fingerprint density at radius 3 is 2.58 bits per heavy atom. The normalized spacial score (nSPS) is 13.9. The molecule has 1 heterocycles. The van der Waals surface area contributed by atoms with Crippen LogP contribution in [0.1, 0.15) is 18.4 Å². The monoisotopic (exact) mass is 322 g/mol. The highest BCUT2D eigenvalue weighted by Gasteiger charge is 2.23. The lowest BCUT2D eigenvalue weighted by Gasteiger charge is -2.11. The van der Waals surface area contributed by atoms with Crippen molar-refractivity contribution in [2.75, 3.05) is 6.61 Å². The average Bonchev–Trinajstić information content (AvgIpc) is 3.28. The van der Waals surface area contributed by atoms with Crippen LogP contribution in [0.4, 0.5) is 0 Å². The van der Waals surface area contributed by atoms with E-state index in [-0.39, 0.29) is 12.5 Å². The molecular weight excluding hydrogens is 304 g/mol. The van der Waals surface area contributed by atoms with Gasteiger partial charge in [0.05, 0.1) is 0 Å². The van der Waals surface area contributed by atoms with Gasteiger partial charge in [-0.05, 0) is 49.6 Å². The van der Waals surface area contributed by atoms with Gasteiger partial charge in [0.1, 0.15) is 22.5 Å². The summed E-state index contributed by atoms with van der Waals surface area (Å²) in [6, 6.07) is 13.8. The summed E-state index contributed by atoms with van der Waals surface area (Å²) in [5, 5.41) is 11.9. The lowest BCUT2D eigenvalue weighted by atomic mass is 10.2. The molecule has 1 amide bonds. The SMILES string of the molecule is Cc1ccc(OCC(=O)NC2CC2)c(-n2nc3ccccc3n2)c1. The number of carbonyl (C=O) groups is 1. The third-order valence-corrected chi connectivity index (χ3v) is 3.92. The van der Waals surface area contributed by atoms with Gasteiger partial charge in [0.2, 0.25) is 0 Å². The minimum Gasteiger partial charge on any atom is -0.481 e. The number of carbonyl (C=O) groups excluding carboxylic acids is 1. The number of benzene rings is 2. The molecule has 6 heteroatoms. The van der Waals surface area contributed by atoms with Crippen molar-refractivity contribution in [1.29, 1.82) is 0 Å². The maximum Gasteiger partial charge on any atom is 0.258 e. The predicted octanol–water partition coefficient (Wildman–Crippen LogP) is 2.39. The minimum absolute atomic E-state index is 0.00660. The number of nitrogens with one attached hydrogen (secondary N) is 1. The molecule has 1 N–H and O–H groups in total. The molecule has 0 aliphatic heterocycles. The van der Waals surface area contributed by atoms with E-state index in [0.29, 0.717) is 11.8 Å². The molecule has 122 valence electrons. The molecule has 2 aromatic carbocycles. The molecule has 0 bridgehead atoms. The van der Waals surface area contributed by atoms with E-state index in [1.165, 1.54) is 0 Å². The largest absolute Gasteiger partial charge is 0.481 e. The van der Waals surface area contributed by atoms with Gasteiger partial charge in [-0.15, -0.1) is 15.0 Å². The molecule has 1 aromatic heterocycles. The molecule has 3 aromatic rings. The van der Waals surface area contributed by atoms with Crippen LogP contribution in [0.5, 0.6) is 5.75 Å². The Kier molecular flexibility index (Phi) is 3.65. The zero-order valence-electron chi connectivity index (χ0n) is 13.4. The van der Waals surface area contributed by atoms with E-state index in [1.807, 2.05) is 49.4 Å². The summed E-state index contributed by atoms with van der Waals surface area (Å²) < 4.78 is 5.72. The third kappa shape index (κ3) is 3.08. The molecule has 1 aliphatic carbocycles. The molecule has 4 rings (SSSR count). The molecule has 0 unspecified atom stereocenters. The molecule has 0 spiro atoms. The van der Waals surface area contributed by atoms with Crippen molar-refractivity contribution < 1.29 is 9.53 Å². The van der Waals surface area contributed by atoms with Crippen molar-refractivity contribution in [2.24, 2.45) is 0 Å². The van der Waals surface area contributed by atoms with Gasteiger partial charge < -0.3 is 10.1 Å². The van der Waals surface area contributed by atoms with Crippen LogP contribution in [-0.4, -0.2) is 33.5 Å². The first kappa shape index (κ1) is 14.7. The standard InChI is InChI=1S/C18H18N4O2/c1-12-6-9-17(24-11-18(23)19-13-7-8-13)16(10-12)22-20-14-4-2-3-5-15(14)21-22/h2-6,9-10,13H,7-8,11H2,1H3,(H,19,23). The fraction of sp³-hybridized carbons (Fsp3) is 0.278. The van der Waals surface area contributed by atoms with E-state index in [4.69, 9.17) is 4.74 Å². The van der Waals surface area contributed by atoms with Crippen molar-refractivity contribution in [3.8, 4) is 11.4 Å². The lowest BCUT2D eigenvalue weighted by molar-refractivity contribution is -0.123. The van der Waals surface area contributed by atoms with Crippen LogP contribution in [0.2, 0.25) is 0 Å². The van der Waals surface area contributed by atoms with Gasteiger partial charge in [0, 0.05) is 6.04 Å².